The molecule has 2 nitrogen and oxygen atoms in total. The fraction of sp³-hybridized carbons (Fsp3) is 0.545. The maximum absolute atomic E-state index is 4.44. The first kappa shape index (κ1) is 8.54. The second kappa shape index (κ2) is 3.36. The molecular formula is C11H16N2. The van der Waals surface area contributed by atoms with Gasteiger partial charge in [-0.3, -0.25) is 0 Å². The predicted octanol–water partition coefficient (Wildman–Crippen LogP) is 2.38. The van der Waals surface area contributed by atoms with E-state index in [1.807, 2.05) is 6.20 Å². The fourth-order valence-electron chi connectivity index (χ4n) is 1.90. The van der Waals surface area contributed by atoms with Crippen molar-refractivity contribution in [3.63, 3.8) is 0 Å². The van der Waals surface area contributed by atoms with E-state index in [1.165, 1.54) is 18.4 Å². The highest BCUT2D eigenvalue weighted by Gasteiger charge is 2.20. The molecule has 1 aliphatic heterocycles. The van der Waals surface area contributed by atoms with Crippen molar-refractivity contribution in [1.29, 1.82) is 0 Å². The Labute approximate surface area is 79.6 Å². The predicted molar refractivity (Wildman–Crippen MR) is 55.0 cm³/mol. The molecule has 0 aliphatic carbocycles. The van der Waals surface area contributed by atoms with Gasteiger partial charge in [0.2, 0.25) is 0 Å². The Kier molecular flexibility index (Phi) is 2.21. The molecule has 0 radical (unpaired) electrons. The molecule has 2 heterocycles. The van der Waals surface area contributed by atoms with E-state index in [-0.39, 0.29) is 0 Å². The lowest BCUT2D eigenvalue weighted by Gasteiger charge is -2.22. The number of pyridine rings is 1. The molecule has 0 N–H and O–H groups in total. The van der Waals surface area contributed by atoms with E-state index in [0.717, 1.165) is 12.4 Å². The van der Waals surface area contributed by atoms with E-state index in [9.17, 15) is 0 Å². The van der Waals surface area contributed by atoms with Gasteiger partial charge in [-0.25, -0.2) is 4.98 Å². The van der Waals surface area contributed by atoms with Crippen molar-refractivity contribution in [2.75, 3.05) is 11.4 Å². The minimum absolute atomic E-state index is 0.662. The minimum Gasteiger partial charge on any atom is -0.354 e. The Hall–Kier alpha value is -1.05. The van der Waals surface area contributed by atoms with Crippen molar-refractivity contribution in [1.82, 2.24) is 4.98 Å². The van der Waals surface area contributed by atoms with Crippen molar-refractivity contribution < 1.29 is 0 Å². The topological polar surface area (TPSA) is 16.1 Å². The molecule has 13 heavy (non-hydrogen) atoms. The van der Waals surface area contributed by atoms with Crippen molar-refractivity contribution >= 4 is 5.82 Å². The third kappa shape index (κ3) is 1.67. The fourth-order valence-corrected chi connectivity index (χ4v) is 1.90. The van der Waals surface area contributed by atoms with Gasteiger partial charge in [0.1, 0.15) is 5.82 Å². The third-order valence-electron chi connectivity index (χ3n) is 2.74. The molecule has 0 saturated carbocycles. The van der Waals surface area contributed by atoms with E-state index < -0.39 is 0 Å². The van der Waals surface area contributed by atoms with Crippen LogP contribution in [0.5, 0.6) is 0 Å². The average Bonchev–Trinajstić information content (AvgIpc) is 2.53. The summed E-state index contributed by atoms with van der Waals surface area (Å²) in [5.41, 5.74) is 1.23. The molecule has 70 valence electrons. The van der Waals surface area contributed by atoms with Crippen molar-refractivity contribution in [3.8, 4) is 0 Å². The van der Waals surface area contributed by atoms with Gasteiger partial charge < -0.3 is 4.90 Å². The molecule has 2 heteroatoms. The first-order valence-corrected chi connectivity index (χ1v) is 4.96. The van der Waals surface area contributed by atoms with Gasteiger partial charge in [0, 0.05) is 18.8 Å². The molecule has 1 aromatic heterocycles. The Bertz CT molecular complexity index is 279. The number of aromatic nitrogens is 1. The van der Waals surface area contributed by atoms with Crippen LogP contribution >= 0.6 is 0 Å². The summed E-state index contributed by atoms with van der Waals surface area (Å²) in [5.74, 6) is 1.13. The highest BCUT2D eigenvalue weighted by atomic mass is 15.2. The number of rotatable bonds is 1. The number of anilines is 1. The van der Waals surface area contributed by atoms with Crippen LogP contribution in [0.15, 0.2) is 18.3 Å². The number of aryl methyl sites for hydroxylation is 1. The largest absolute Gasteiger partial charge is 0.354 e. The van der Waals surface area contributed by atoms with E-state index >= 15 is 0 Å². The molecule has 1 aromatic rings. The van der Waals surface area contributed by atoms with Crippen LogP contribution in [-0.4, -0.2) is 17.6 Å². The molecule has 0 bridgehead atoms. The molecule has 0 spiro atoms. The highest BCUT2D eigenvalue weighted by molar-refractivity contribution is 5.41. The van der Waals surface area contributed by atoms with Crippen LogP contribution in [0, 0.1) is 6.92 Å². The van der Waals surface area contributed by atoms with E-state index in [1.54, 1.807) is 0 Å². The average molecular weight is 176 g/mol. The maximum Gasteiger partial charge on any atom is 0.128 e. The van der Waals surface area contributed by atoms with Crippen LogP contribution in [0.1, 0.15) is 25.3 Å². The van der Waals surface area contributed by atoms with Gasteiger partial charge in [0.25, 0.3) is 0 Å². The van der Waals surface area contributed by atoms with Crippen molar-refractivity contribution in [3.05, 3.63) is 23.9 Å². The Morgan fingerprint density at radius 3 is 2.85 bits per heavy atom. The number of hydrogen-bond donors (Lipinski definition) is 0. The van der Waals surface area contributed by atoms with Gasteiger partial charge >= 0.3 is 0 Å². The molecule has 1 aliphatic rings. The van der Waals surface area contributed by atoms with Crippen LogP contribution < -0.4 is 4.90 Å². The van der Waals surface area contributed by atoms with Crippen LogP contribution in [0.2, 0.25) is 0 Å². The summed E-state index contributed by atoms with van der Waals surface area (Å²) in [6.07, 6.45) is 4.55. The second-order valence-electron chi connectivity index (χ2n) is 3.88. The second-order valence-corrected chi connectivity index (χ2v) is 3.88. The normalized spacial score (nSPS) is 22.3. The van der Waals surface area contributed by atoms with Crippen LogP contribution in [0.25, 0.3) is 0 Å². The zero-order valence-corrected chi connectivity index (χ0v) is 8.33. The molecular weight excluding hydrogens is 160 g/mol. The summed E-state index contributed by atoms with van der Waals surface area (Å²) >= 11 is 0. The zero-order chi connectivity index (χ0) is 9.26. The van der Waals surface area contributed by atoms with Gasteiger partial charge in [-0.2, -0.15) is 0 Å². The van der Waals surface area contributed by atoms with E-state index in [0.29, 0.717) is 6.04 Å². The SMILES string of the molecule is Cc1ccc(N2CCC[C@@H]2C)nc1. The first-order chi connectivity index (χ1) is 6.27. The molecule has 0 unspecified atom stereocenters. The van der Waals surface area contributed by atoms with Gasteiger partial charge in [-0.15, -0.1) is 0 Å². The quantitative estimate of drug-likeness (QED) is 0.653. The third-order valence-corrected chi connectivity index (χ3v) is 2.74. The van der Waals surface area contributed by atoms with Crippen LogP contribution in [0.4, 0.5) is 5.82 Å². The van der Waals surface area contributed by atoms with Crippen molar-refractivity contribution in [2.24, 2.45) is 0 Å². The summed E-state index contributed by atoms with van der Waals surface area (Å²) < 4.78 is 0. The summed E-state index contributed by atoms with van der Waals surface area (Å²) in [5, 5.41) is 0. The van der Waals surface area contributed by atoms with Gasteiger partial charge in [0.05, 0.1) is 0 Å². The maximum atomic E-state index is 4.44. The van der Waals surface area contributed by atoms with E-state index in [4.69, 9.17) is 0 Å². The summed E-state index contributed by atoms with van der Waals surface area (Å²) in [6.45, 7) is 5.51. The molecule has 0 amide bonds. The molecule has 0 aromatic carbocycles. The molecule has 1 atom stereocenters. The number of nitrogens with zero attached hydrogens (tertiary/aromatic N) is 2. The van der Waals surface area contributed by atoms with Gasteiger partial charge in [-0.1, -0.05) is 6.07 Å². The summed E-state index contributed by atoms with van der Waals surface area (Å²) in [4.78, 5) is 6.82. The Morgan fingerprint density at radius 1 is 1.46 bits per heavy atom. The van der Waals surface area contributed by atoms with E-state index in [2.05, 4.69) is 35.9 Å². The lowest BCUT2D eigenvalue weighted by Crippen LogP contribution is -2.26. The summed E-state index contributed by atoms with van der Waals surface area (Å²) in [7, 11) is 0. The lowest BCUT2D eigenvalue weighted by atomic mass is 10.2. The molecule has 1 saturated heterocycles. The molecule has 1 fully saturated rings. The van der Waals surface area contributed by atoms with Crippen LogP contribution in [0.3, 0.4) is 0 Å². The highest BCUT2D eigenvalue weighted by Crippen LogP contribution is 2.22. The zero-order valence-electron chi connectivity index (χ0n) is 8.33. The smallest absolute Gasteiger partial charge is 0.128 e. The monoisotopic (exact) mass is 176 g/mol. The lowest BCUT2D eigenvalue weighted by molar-refractivity contribution is 0.727. The number of hydrogen-bond acceptors (Lipinski definition) is 2. The summed E-state index contributed by atoms with van der Waals surface area (Å²) in [6, 6.07) is 4.92. The first-order valence-electron chi connectivity index (χ1n) is 4.96. The Morgan fingerprint density at radius 2 is 2.31 bits per heavy atom. The van der Waals surface area contributed by atoms with Crippen LogP contribution in [-0.2, 0) is 0 Å². The van der Waals surface area contributed by atoms with Crippen molar-refractivity contribution in [2.45, 2.75) is 32.7 Å². The van der Waals surface area contributed by atoms with Gasteiger partial charge in [-0.05, 0) is 38.3 Å². The molecule has 2 rings (SSSR count). The minimum atomic E-state index is 0.662. The van der Waals surface area contributed by atoms with Gasteiger partial charge in [0.15, 0.2) is 0 Å². The Balaban J connectivity index is 2.20. The standard InChI is InChI=1S/C11H16N2/c1-9-5-6-11(12-8-9)13-7-3-4-10(13)2/h5-6,8,10H,3-4,7H2,1-2H3/t10-/m0/s1.